The standard InChI is InChI=1S/C10H12INO/c1-7-3-5-9(6-4-7)12-10(13)8(2)11/h3-6,8H,1-2H3,(H,12,13). The Labute approximate surface area is 91.9 Å². The lowest BCUT2D eigenvalue weighted by molar-refractivity contribution is -0.115. The van der Waals surface area contributed by atoms with Crippen LogP contribution >= 0.6 is 22.6 Å². The first kappa shape index (κ1) is 10.5. The molecular formula is C10H12INO. The van der Waals surface area contributed by atoms with Crippen molar-refractivity contribution in [1.82, 2.24) is 0 Å². The highest BCUT2D eigenvalue weighted by molar-refractivity contribution is 14.1. The van der Waals surface area contributed by atoms with Gasteiger partial charge in [0.15, 0.2) is 0 Å². The number of rotatable bonds is 2. The molecule has 1 N–H and O–H groups in total. The predicted octanol–water partition coefficient (Wildman–Crippen LogP) is 2.76. The van der Waals surface area contributed by atoms with E-state index >= 15 is 0 Å². The maximum Gasteiger partial charge on any atom is 0.237 e. The largest absolute Gasteiger partial charge is 0.325 e. The SMILES string of the molecule is Cc1ccc(NC(=O)C(C)I)cc1. The molecule has 0 saturated heterocycles. The summed E-state index contributed by atoms with van der Waals surface area (Å²) in [5.41, 5.74) is 2.06. The number of nitrogens with one attached hydrogen (secondary N) is 1. The molecule has 1 amide bonds. The Morgan fingerprint density at radius 1 is 1.38 bits per heavy atom. The summed E-state index contributed by atoms with van der Waals surface area (Å²) in [4.78, 5) is 11.3. The Balaban J connectivity index is 2.65. The molecule has 0 fully saturated rings. The number of benzene rings is 1. The van der Waals surface area contributed by atoms with Crippen molar-refractivity contribution >= 4 is 34.2 Å². The number of carbonyl (C=O) groups is 1. The Hall–Kier alpha value is -0.580. The van der Waals surface area contributed by atoms with Crippen molar-refractivity contribution in [1.29, 1.82) is 0 Å². The highest BCUT2D eigenvalue weighted by atomic mass is 127. The third-order valence-electron chi connectivity index (χ3n) is 1.68. The molecule has 0 saturated carbocycles. The molecule has 0 radical (unpaired) electrons. The van der Waals surface area contributed by atoms with Crippen molar-refractivity contribution in [2.75, 3.05) is 5.32 Å². The lowest BCUT2D eigenvalue weighted by Crippen LogP contribution is -2.19. The third-order valence-corrected chi connectivity index (χ3v) is 2.25. The number of aryl methyl sites for hydroxylation is 1. The molecule has 0 aliphatic heterocycles. The Bertz CT molecular complexity index is 292. The van der Waals surface area contributed by atoms with E-state index in [-0.39, 0.29) is 9.83 Å². The maximum absolute atomic E-state index is 11.3. The lowest BCUT2D eigenvalue weighted by Gasteiger charge is -2.06. The normalized spacial score (nSPS) is 12.2. The molecule has 13 heavy (non-hydrogen) atoms. The molecule has 1 unspecified atom stereocenters. The van der Waals surface area contributed by atoms with Gasteiger partial charge in [0.25, 0.3) is 0 Å². The second kappa shape index (κ2) is 4.60. The van der Waals surface area contributed by atoms with Crippen molar-refractivity contribution in [2.45, 2.75) is 17.8 Å². The molecule has 2 nitrogen and oxygen atoms in total. The first-order valence-electron chi connectivity index (χ1n) is 4.11. The number of alkyl halides is 1. The number of hydrogen-bond donors (Lipinski definition) is 1. The van der Waals surface area contributed by atoms with E-state index in [9.17, 15) is 4.79 Å². The molecule has 1 aromatic rings. The zero-order valence-corrected chi connectivity index (χ0v) is 9.83. The molecule has 1 rings (SSSR count). The van der Waals surface area contributed by atoms with E-state index in [0.29, 0.717) is 0 Å². The van der Waals surface area contributed by atoms with Crippen LogP contribution < -0.4 is 5.32 Å². The van der Waals surface area contributed by atoms with E-state index in [1.54, 1.807) is 0 Å². The molecule has 0 heterocycles. The first-order chi connectivity index (χ1) is 6.09. The van der Waals surface area contributed by atoms with Crippen LogP contribution in [-0.4, -0.2) is 9.83 Å². The van der Waals surface area contributed by atoms with E-state index in [0.717, 1.165) is 5.69 Å². The van der Waals surface area contributed by atoms with Gasteiger partial charge in [0.2, 0.25) is 5.91 Å². The summed E-state index contributed by atoms with van der Waals surface area (Å²) in [6.45, 7) is 3.89. The molecule has 0 aliphatic carbocycles. The zero-order chi connectivity index (χ0) is 9.84. The van der Waals surface area contributed by atoms with Gasteiger partial charge in [0, 0.05) is 5.69 Å². The fourth-order valence-corrected chi connectivity index (χ4v) is 1.03. The Kier molecular flexibility index (Phi) is 3.71. The summed E-state index contributed by atoms with van der Waals surface area (Å²) >= 11 is 2.09. The number of carbonyl (C=O) groups excluding carboxylic acids is 1. The van der Waals surface area contributed by atoms with Crippen LogP contribution in [0.1, 0.15) is 12.5 Å². The van der Waals surface area contributed by atoms with Gasteiger partial charge in [0.05, 0.1) is 3.92 Å². The topological polar surface area (TPSA) is 29.1 Å². The van der Waals surface area contributed by atoms with E-state index in [1.807, 2.05) is 38.1 Å². The highest BCUT2D eigenvalue weighted by Crippen LogP contribution is 2.10. The summed E-state index contributed by atoms with van der Waals surface area (Å²) in [7, 11) is 0. The van der Waals surface area contributed by atoms with Crippen molar-refractivity contribution in [3.05, 3.63) is 29.8 Å². The number of halogens is 1. The van der Waals surface area contributed by atoms with E-state index in [2.05, 4.69) is 27.9 Å². The minimum atomic E-state index is -0.00102. The van der Waals surface area contributed by atoms with Crippen LogP contribution in [0.2, 0.25) is 0 Å². The van der Waals surface area contributed by atoms with Gasteiger partial charge in [-0.15, -0.1) is 0 Å². The average molecular weight is 289 g/mol. The van der Waals surface area contributed by atoms with Crippen LogP contribution in [0.4, 0.5) is 5.69 Å². The summed E-state index contributed by atoms with van der Waals surface area (Å²) in [6.07, 6.45) is 0. The predicted molar refractivity (Wildman–Crippen MR) is 63.3 cm³/mol. The third kappa shape index (κ3) is 3.34. The summed E-state index contributed by atoms with van der Waals surface area (Å²) < 4.78 is -0.00102. The van der Waals surface area contributed by atoms with Crippen LogP contribution in [0.5, 0.6) is 0 Å². The zero-order valence-electron chi connectivity index (χ0n) is 7.67. The molecule has 0 aromatic heterocycles. The molecule has 3 heteroatoms. The van der Waals surface area contributed by atoms with Crippen LogP contribution in [-0.2, 0) is 4.79 Å². The van der Waals surface area contributed by atoms with Crippen molar-refractivity contribution < 1.29 is 4.79 Å². The van der Waals surface area contributed by atoms with Crippen molar-refractivity contribution in [3.63, 3.8) is 0 Å². The summed E-state index contributed by atoms with van der Waals surface area (Å²) in [6, 6.07) is 7.78. The van der Waals surface area contributed by atoms with Gasteiger partial charge in [-0.2, -0.15) is 0 Å². The van der Waals surface area contributed by atoms with Crippen LogP contribution in [0.25, 0.3) is 0 Å². The van der Waals surface area contributed by atoms with E-state index in [4.69, 9.17) is 0 Å². The van der Waals surface area contributed by atoms with E-state index < -0.39 is 0 Å². The molecule has 1 atom stereocenters. The molecule has 1 aromatic carbocycles. The molecule has 0 bridgehead atoms. The number of amides is 1. The van der Waals surface area contributed by atoms with Gasteiger partial charge >= 0.3 is 0 Å². The van der Waals surface area contributed by atoms with Gasteiger partial charge in [-0.25, -0.2) is 0 Å². The number of hydrogen-bond acceptors (Lipinski definition) is 1. The van der Waals surface area contributed by atoms with Gasteiger partial charge in [-0.3, -0.25) is 4.79 Å². The summed E-state index contributed by atoms with van der Waals surface area (Å²) in [5.74, 6) is 0.0458. The lowest BCUT2D eigenvalue weighted by atomic mass is 10.2. The Morgan fingerprint density at radius 2 is 1.92 bits per heavy atom. The molecule has 0 spiro atoms. The Morgan fingerprint density at radius 3 is 2.38 bits per heavy atom. The monoisotopic (exact) mass is 289 g/mol. The molecule has 70 valence electrons. The molecule has 0 aliphatic rings. The molecular weight excluding hydrogens is 277 g/mol. The fourth-order valence-electron chi connectivity index (χ4n) is 0.879. The van der Waals surface area contributed by atoms with Crippen LogP contribution in [0, 0.1) is 6.92 Å². The van der Waals surface area contributed by atoms with Crippen molar-refractivity contribution in [3.8, 4) is 0 Å². The second-order valence-corrected chi connectivity index (χ2v) is 4.84. The van der Waals surface area contributed by atoms with Crippen molar-refractivity contribution in [2.24, 2.45) is 0 Å². The van der Waals surface area contributed by atoms with Crippen LogP contribution in [0.3, 0.4) is 0 Å². The van der Waals surface area contributed by atoms with E-state index in [1.165, 1.54) is 5.56 Å². The van der Waals surface area contributed by atoms with Crippen LogP contribution in [0.15, 0.2) is 24.3 Å². The van der Waals surface area contributed by atoms with Gasteiger partial charge < -0.3 is 5.32 Å². The second-order valence-electron chi connectivity index (χ2n) is 2.97. The average Bonchev–Trinajstić information content (AvgIpc) is 2.08. The maximum atomic E-state index is 11.3. The quantitative estimate of drug-likeness (QED) is 0.658. The van der Waals surface area contributed by atoms with Gasteiger partial charge in [-0.05, 0) is 26.0 Å². The van der Waals surface area contributed by atoms with Gasteiger partial charge in [-0.1, -0.05) is 40.3 Å². The first-order valence-corrected chi connectivity index (χ1v) is 5.36. The minimum Gasteiger partial charge on any atom is -0.325 e. The van der Waals surface area contributed by atoms with Gasteiger partial charge in [0.1, 0.15) is 0 Å². The highest BCUT2D eigenvalue weighted by Gasteiger charge is 2.07. The number of anilines is 1. The summed E-state index contributed by atoms with van der Waals surface area (Å²) in [5, 5.41) is 2.82. The smallest absolute Gasteiger partial charge is 0.237 e. The minimum absolute atomic E-state index is 0.00102. The fraction of sp³-hybridized carbons (Fsp3) is 0.300.